The molecule has 0 fully saturated rings. The fraction of sp³-hybridized carbons (Fsp3) is 0.333. The largest absolute Gasteiger partial charge is 0.324 e. The van der Waals surface area contributed by atoms with E-state index in [4.69, 9.17) is 9.97 Å². The third-order valence-electron chi connectivity index (χ3n) is 5.10. The molecule has 0 aliphatic rings. The molecule has 0 amide bonds. The zero-order valence-corrected chi connectivity index (χ0v) is 14.8. The van der Waals surface area contributed by atoms with E-state index in [9.17, 15) is 0 Å². The minimum atomic E-state index is 0.982. The Balaban J connectivity index is 2.19. The third-order valence-corrected chi connectivity index (χ3v) is 5.10. The maximum Gasteiger partial charge on any atom is 0.160 e. The lowest BCUT2D eigenvalue weighted by Crippen LogP contribution is -2.01. The first kappa shape index (κ1) is 15.1. The number of hydrogen-bond acceptors (Lipinski definition) is 2. The van der Waals surface area contributed by atoms with Gasteiger partial charge in [0.15, 0.2) is 5.65 Å². The van der Waals surface area contributed by atoms with Crippen LogP contribution in [-0.4, -0.2) is 14.5 Å². The van der Waals surface area contributed by atoms with Crippen LogP contribution in [0, 0.1) is 20.8 Å². The van der Waals surface area contributed by atoms with Gasteiger partial charge in [-0.2, -0.15) is 0 Å². The first-order valence-electron chi connectivity index (χ1n) is 8.77. The van der Waals surface area contributed by atoms with Crippen LogP contribution in [0.5, 0.6) is 0 Å². The molecule has 24 heavy (non-hydrogen) atoms. The summed E-state index contributed by atoms with van der Waals surface area (Å²) in [5.41, 5.74) is 9.19. The summed E-state index contributed by atoms with van der Waals surface area (Å²) in [7, 11) is 0. The number of para-hydroxylation sites is 1. The van der Waals surface area contributed by atoms with Crippen molar-refractivity contribution in [2.24, 2.45) is 0 Å². The van der Waals surface area contributed by atoms with Gasteiger partial charge in [-0.15, -0.1) is 0 Å². The van der Waals surface area contributed by atoms with E-state index in [1.54, 1.807) is 0 Å². The first-order valence-corrected chi connectivity index (χ1v) is 8.77. The summed E-state index contributed by atoms with van der Waals surface area (Å²) in [5, 5.41) is 1.22. The monoisotopic (exact) mass is 317 g/mol. The minimum Gasteiger partial charge on any atom is -0.324 e. The summed E-state index contributed by atoms with van der Waals surface area (Å²) < 4.78 is 2.38. The molecule has 4 rings (SSSR count). The number of rotatable bonds is 3. The van der Waals surface area contributed by atoms with E-state index in [1.807, 2.05) is 0 Å². The van der Waals surface area contributed by atoms with E-state index < -0.39 is 0 Å². The zero-order valence-electron chi connectivity index (χ0n) is 14.8. The van der Waals surface area contributed by atoms with Crippen molar-refractivity contribution in [3.63, 3.8) is 0 Å². The number of hydrogen-bond donors (Lipinski definition) is 0. The molecule has 0 saturated carbocycles. The van der Waals surface area contributed by atoms with Crippen LogP contribution in [0.2, 0.25) is 0 Å². The topological polar surface area (TPSA) is 30.7 Å². The molecule has 0 N–H and O–H groups in total. The van der Waals surface area contributed by atoms with Crippen LogP contribution in [0.1, 0.15) is 36.5 Å². The van der Waals surface area contributed by atoms with E-state index in [1.165, 1.54) is 34.0 Å². The van der Waals surface area contributed by atoms with E-state index in [0.29, 0.717) is 0 Å². The molecule has 0 aliphatic heterocycles. The molecule has 122 valence electrons. The Labute approximate surface area is 142 Å². The van der Waals surface area contributed by atoms with Gasteiger partial charge in [-0.25, -0.2) is 9.97 Å². The van der Waals surface area contributed by atoms with Gasteiger partial charge in [-0.05, 0) is 49.9 Å². The lowest BCUT2D eigenvalue weighted by atomic mass is 10.1. The van der Waals surface area contributed by atoms with E-state index in [0.717, 1.165) is 35.2 Å². The summed E-state index contributed by atoms with van der Waals surface area (Å²) in [6.07, 6.45) is 2.33. The van der Waals surface area contributed by atoms with Crippen molar-refractivity contribution in [2.75, 3.05) is 0 Å². The van der Waals surface area contributed by atoms with Gasteiger partial charge in [-0.1, -0.05) is 37.6 Å². The van der Waals surface area contributed by atoms with E-state index in [-0.39, 0.29) is 0 Å². The van der Waals surface area contributed by atoms with Crippen molar-refractivity contribution in [1.82, 2.24) is 14.5 Å². The van der Waals surface area contributed by atoms with Crippen LogP contribution in [0.4, 0.5) is 0 Å². The van der Waals surface area contributed by atoms with Crippen LogP contribution in [0.3, 0.4) is 0 Å². The van der Waals surface area contributed by atoms with Crippen LogP contribution in [-0.2, 0) is 6.54 Å². The number of nitrogens with zero attached hydrogens (tertiary/aromatic N) is 3. The first-order chi connectivity index (χ1) is 11.6. The average molecular weight is 317 g/mol. The third kappa shape index (κ3) is 2.11. The highest BCUT2D eigenvalue weighted by Crippen LogP contribution is 2.32. The van der Waals surface area contributed by atoms with Gasteiger partial charge >= 0.3 is 0 Å². The Bertz CT molecular complexity index is 1070. The second-order valence-electron chi connectivity index (χ2n) is 6.75. The van der Waals surface area contributed by atoms with E-state index >= 15 is 0 Å². The molecule has 2 aromatic carbocycles. The molecule has 2 heterocycles. The quantitative estimate of drug-likeness (QED) is 0.502. The van der Waals surface area contributed by atoms with Gasteiger partial charge in [0.1, 0.15) is 5.52 Å². The predicted octanol–water partition coefficient (Wildman–Crippen LogP) is 5.46. The van der Waals surface area contributed by atoms with Gasteiger partial charge in [-0.3, -0.25) is 0 Å². The second-order valence-corrected chi connectivity index (χ2v) is 6.75. The Morgan fingerprint density at radius 3 is 2.54 bits per heavy atom. The maximum atomic E-state index is 5.04. The molecule has 0 saturated heterocycles. The van der Waals surface area contributed by atoms with Crippen molar-refractivity contribution in [3.8, 4) is 0 Å². The molecule has 0 bridgehead atoms. The number of aromatic nitrogens is 3. The number of benzene rings is 2. The molecule has 4 aromatic rings. The standard InChI is InChI=1S/C21H23N3/c1-5-6-12-24-20-15(4)13(2)10-11-16(20)19-21(24)23-18-14(3)8-7-9-17(18)22-19/h7-11H,5-6,12H2,1-4H3. The number of aryl methyl sites for hydroxylation is 4. The Kier molecular flexibility index (Phi) is 3.52. The molecular formula is C21H23N3. The van der Waals surface area contributed by atoms with Gasteiger partial charge in [0.2, 0.25) is 0 Å². The summed E-state index contributed by atoms with van der Waals surface area (Å²) >= 11 is 0. The van der Waals surface area contributed by atoms with Crippen molar-refractivity contribution in [1.29, 1.82) is 0 Å². The Hall–Kier alpha value is -2.42. The van der Waals surface area contributed by atoms with Gasteiger partial charge in [0.05, 0.1) is 16.6 Å². The SMILES string of the molecule is CCCCn1c2nc3c(C)cccc3nc2c2ccc(C)c(C)c21. The second kappa shape index (κ2) is 5.59. The predicted molar refractivity (Wildman–Crippen MR) is 102 cm³/mol. The average Bonchev–Trinajstić information content (AvgIpc) is 2.89. The molecule has 2 aromatic heterocycles. The lowest BCUT2D eigenvalue weighted by Gasteiger charge is -2.09. The number of unbranched alkanes of at least 4 members (excludes halogenated alkanes) is 1. The highest BCUT2D eigenvalue weighted by atomic mass is 15.1. The van der Waals surface area contributed by atoms with Gasteiger partial charge in [0.25, 0.3) is 0 Å². The minimum absolute atomic E-state index is 0.982. The molecule has 0 radical (unpaired) electrons. The molecular weight excluding hydrogens is 294 g/mol. The Morgan fingerprint density at radius 2 is 1.75 bits per heavy atom. The normalized spacial score (nSPS) is 11.8. The molecule has 3 nitrogen and oxygen atoms in total. The summed E-state index contributed by atoms with van der Waals surface area (Å²) in [6, 6.07) is 10.6. The van der Waals surface area contributed by atoms with Crippen LogP contribution >= 0.6 is 0 Å². The van der Waals surface area contributed by atoms with Crippen molar-refractivity contribution < 1.29 is 0 Å². The van der Waals surface area contributed by atoms with Crippen LogP contribution < -0.4 is 0 Å². The van der Waals surface area contributed by atoms with Crippen molar-refractivity contribution in [2.45, 2.75) is 47.1 Å². The summed E-state index contributed by atoms with van der Waals surface area (Å²) in [6.45, 7) is 9.73. The lowest BCUT2D eigenvalue weighted by molar-refractivity contribution is 0.660. The highest BCUT2D eigenvalue weighted by molar-refractivity contribution is 6.08. The Morgan fingerprint density at radius 1 is 0.917 bits per heavy atom. The van der Waals surface area contributed by atoms with Gasteiger partial charge in [0, 0.05) is 11.9 Å². The highest BCUT2D eigenvalue weighted by Gasteiger charge is 2.17. The fourth-order valence-corrected chi connectivity index (χ4v) is 3.56. The smallest absolute Gasteiger partial charge is 0.160 e. The van der Waals surface area contributed by atoms with Crippen LogP contribution in [0.15, 0.2) is 30.3 Å². The maximum absolute atomic E-state index is 5.04. The molecule has 0 aliphatic carbocycles. The molecule has 0 spiro atoms. The van der Waals surface area contributed by atoms with Crippen molar-refractivity contribution in [3.05, 3.63) is 47.0 Å². The van der Waals surface area contributed by atoms with Gasteiger partial charge < -0.3 is 4.57 Å². The summed E-state index contributed by atoms with van der Waals surface area (Å²) in [5.74, 6) is 0. The molecule has 0 unspecified atom stereocenters. The number of fused-ring (bicyclic) bond motifs is 4. The van der Waals surface area contributed by atoms with Crippen LogP contribution in [0.25, 0.3) is 33.1 Å². The molecule has 0 atom stereocenters. The molecule has 3 heteroatoms. The van der Waals surface area contributed by atoms with Crippen molar-refractivity contribution >= 4 is 33.1 Å². The fourth-order valence-electron chi connectivity index (χ4n) is 3.56. The summed E-state index contributed by atoms with van der Waals surface area (Å²) in [4.78, 5) is 10.0. The van der Waals surface area contributed by atoms with E-state index in [2.05, 4.69) is 62.6 Å². The zero-order chi connectivity index (χ0) is 16.8.